The fourth-order valence-electron chi connectivity index (χ4n) is 3.32. The molecule has 1 aliphatic rings. The Kier molecular flexibility index (Phi) is 5.82. The lowest BCUT2D eigenvalue weighted by atomic mass is 10.0. The van der Waals surface area contributed by atoms with Crippen molar-refractivity contribution >= 4 is 5.91 Å². The summed E-state index contributed by atoms with van der Waals surface area (Å²) in [6, 6.07) is 4.06. The van der Waals surface area contributed by atoms with Gasteiger partial charge in [0, 0.05) is 6.04 Å². The van der Waals surface area contributed by atoms with E-state index in [4.69, 9.17) is 10.2 Å². The van der Waals surface area contributed by atoms with Crippen LogP contribution in [0.4, 0.5) is 0 Å². The van der Waals surface area contributed by atoms with E-state index in [2.05, 4.69) is 17.1 Å². The van der Waals surface area contributed by atoms with Gasteiger partial charge in [-0.25, -0.2) is 0 Å². The van der Waals surface area contributed by atoms with Crippen LogP contribution in [0, 0.1) is 5.92 Å². The Morgan fingerprint density at radius 3 is 3.00 bits per heavy atom. The van der Waals surface area contributed by atoms with E-state index in [1.807, 2.05) is 19.1 Å². The Labute approximate surface area is 126 Å². The van der Waals surface area contributed by atoms with Crippen molar-refractivity contribution in [3.8, 4) is 0 Å². The lowest BCUT2D eigenvalue weighted by Gasteiger charge is -2.31. The molecule has 3 N–H and O–H groups in total. The van der Waals surface area contributed by atoms with Gasteiger partial charge in [-0.05, 0) is 50.9 Å². The normalized spacial score (nSPS) is 23.4. The van der Waals surface area contributed by atoms with E-state index >= 15 is 0 Å². The zero-order chi connectivity index (χ0) is 15.2. The first-order valence-electron chi connectivity index (χ1n) is 7.92. The standard InChI is InChI=1S/C16H27N3O2/c1-3-19(14-7-4-6-13(14)10-17)11-16(20)18-12(2)15-8-5-9-21-15/h5,8-9,12-14H,3-4,6-7,10-11,17H2,1-2H3,(H,18,20). The van der Waals surface area contributed by atoms with Crippen LogP contribution in [-0.4, -0.2) is 36.5 Å². The van der Waals surface area contributed by atoms with Gasteiger partial charge < -0.3 is 15.5 Å². The van der Waals surface area contributed by atoms with Crippen LogP contribution in [0.2, 0.25) is 0 Å². The minimum atomic E-state index is -0.0971. The first-order chi connectivity index (χ1) is 10.2. The van der Waals surface area contributed by atoms with Gasteiger partial charge in [-0.3, -0.25) is 9.69 Å². The fourth-order valence-corrected chi connectivity index (χ4v) is 3.32. The smallest absolute Gasteiger partial charge is 0.234 e. The third-order valence-electron chi connectivity index (χ3n) is 4.49. The molecule has 5 nitrogen and oxygen atoms in total. The molecule has 1 aliphatic carbocycles. The predicted octanol–water partition coefficient (Wildman–Crippen LogP) is 1.91. The van der Waals surface area contributed by atoms with Crippen molar-refractivity contribution in [3.05, 3.63) is 24.2 Å². The third kappa shape index (κ3) is 4.08. The van der Waals surface area contributed by atoms with Crippen molar-refractivity contribution in [2.24, 2.45) is 11.7 Å². The van der Waals surface area contributed by atoms with Crippen molar-refractivity contribution < 1.29 is 9.21 Å². The number of hydrogen-bond donors (Lipinski definition) is 2. The number of nitrogens with zero attached hydrogens (tertiary/aromatic N) is 1. The molecule has 3 unspecified atom stereocenters. The highest BCUT2D eigenvalue weighted by Gasteiger charge is 2.31. The number of nitrogens with one attached hydrogen (secondary N) is 1. The molecule has 21 heavy (non-hydrogen) atoms. The summed E-state index contributed by atoms with van der Waals surface area (Å²) in [4.78, 5) is 14.5. The number of rotatable bonds is 7. The van der Waals surface area contributed by atoms with Crippen LogP contribution in [0.5, 0.6) is 0 Å². The van der Waals surface area contributed by atoms with Gasteiger partial charge in [0.05, 0.1) is 18.8 Å². The largest absolute Gasteiger partial charge is 0.467 e. The summed E-state index contributed by atoms with van der Waals surface area (Å²) in [5.41, 5.74) is 5.85. The van der Waals surface area contributed by atoms with Gasteiger partial charge in [-0.1, -0.05) is 13.3 Å². The van der Waals surface area contributed by atoms with Gasteiger partial charge in [0.1, 0.15) is 5.76 Å². The van der Waals surface area contributed by atoms with Gasteiger partial charge in [0.2, 0.25) is 5.91 Å². The van der Waals surface area contributed by atoms with Crippen LogP contribution in [0.25, 0.3) is 0 Å². The van der Waals surface area contributed by atoms with Crippen LogP contribution in [0.3, 0.4) is 0 Å². The zero-order valence-corrected chi connectivity index (χ0v) is 13.0. The minimum Gasteiger partial charge on any atom is -0.467 e. The molecule has 0 aliphatic heterocycles. The molecular weight excluding hydrogens is 266 g/mol. The molecule has 0 radical (unpaired) electrons. The zero-order valence-electron chi connectivity index (χ0n) is 13.0. The SMILES string of the molecule is CCN(CC(=O)NC(C)c1ccco1)C1CCCC1CN. The maximum absolute atomic E-state index is 12.2. The number of nitrogens with two attached hydrogens (primary N) is 1. The van der Waals surface area contributed by atoms with E-state index in [9.17, 15) is 4.79 Å². The summed E-state index contributed by atoms with van der Waals surface area (Å²) < 4.78 is 5.32. The Bertz CT molecular complexity index is 433. The van der Waals surface area contributed by atoms with Crippen LogP contribution in [-0.2, 0) is 4.79 Å². The Hall–Kier alpha value is -1.33. The summed E-state index contributed by atoms with van der Waals surface area (Å²) in [7, 11) is 0. The monoisotopic (exact) mass is 293 g/mol. The van der Waals surface area contributed by atoms with Gasteiger partial charge in [-0.15, -0.1) is 0 Å². The number of likely N-dealkylation sites (N-methyl/N-ethyl adjacent to an activating group) is 1. The minimum absolute atomic E-state index is 0.0448. The Morgan fingerprint density at radius 1 is 1.57 bits per heavy atom. The molecule has 1 fully saturated rings. The molecular formula is C16H27N3O2. The van der Waals surface area contributed by atoms with Crippen molar-refractivity contribution in [2.75, 3.05) is 19.6 Å². The summed E-state index contributed by atoms with van der Waals surface area (Å²) >= 11 is 0. The Balaban J connectivity index is 1.87. The quantitative estimate of drug-likeness (QED) is 0.805. The molecule has 118 valence electrons. The van der Waals surface area contributed by atoms with Gasteiger partial charge in [0.25, 0.3) is 0 Å². The lowest BCUT2D eigenvalue weighted by molar-refractivity contribution is -0.123. The van der Waals surface area contributed by atoms with Crippen molar-refractivity contribution in [1.82, 2.24) is 10.2 Å². The molecule has 3 atom stereocenters. The molecule has 1 aromatic heterocycles. The highest BCUT2D eigenvalue weighted by Crippen LogP contribution is 2.29. The molecule has 2 rings (SSSR count). The van der Waals surface area contributed by atoms with Crippen molar-refractivity contribution in [1.29, 1.82) is 0 Å². The maximum Gasteiger partial charge on any atom is 0.234 e. The lowest BCUT2D eigenvalue weighted by Crippen LogP contribution is -2.46. The summed E-state index contributed by atoms with van der Waals surface area (Å²) in [6.45, 7) is 6.07. The molecule has 1 saturated carbocycles. The van der Waals surface area contributed by atoms with Crippen LogP contribution < -0.4 is 11.1 Å². The van der Waals surface area contributed by atoms with Gasteiger partial charge in [0.15, 0.2) is 0 Å². The van der Waals surface area contributed by atoms with E-state index in [1.165, 1.54) is 12.8 Å². The average molecular weight is 293 g/mol. The molecule has 1 amide bonds. The number of hydrogen-bond acceptors (Lipinski definition) is 4. The maximum atomic E-state index is 12.2. The first-order valence-corrected chi connectivity index (χ1v) is 7.92. The third-order valence-corrected chi connectivity index (χ3v) is 4.49. The summed E-state index contributed by atoms with van der Waals surface area (Å²) in [5.74, 6) is 1.36. The van der Waals surface area contributed by atoms with Crippen LogP contribution in [0.15, 0.2) is 22.8 Å². The summed E-state index contributed by atoms with van der Waals surface area (Å²) in [6.07, 6.45) is 5.17. The molecule has 0 aromatic carbocycles. The second-order valence-corrected chi connectivity index (χ2v) is 5.86. The molecule has 0 saturated heterocycles. The molecule has 1 heterocycles. The second kappa shape index (κ2) is 7.61. The highest BCUT2D eigenvalue weighted by molar-refractivity contribution is 5.78. The second-order valence-electron chi connectivity index (χ2n) is 5.86. The number of amides is 1. The van der Waals surface area contributed by atoms with Crippen LogP contribution in [0.1, 0.15) is 44.9 Å². The first kappa shape index (κ1) is 16.0. The van der Waals surface area contributed by atoms with E-state index in [1.54, 1.807) is 6.26 Å². The summed E-state index contributed by atoms with van der Waals surface area (Å²) in [5, 5.41) is 3.00. The predicted molar refractivity (Wildman–Crippen MR) is 82.7 cm³/mol. The number of carbonyl (C=O) groups is 1. The van der Waals surface area contributed by atoms with E-state index in [-0.39, 0.29) is 11.9 Å². The van der Waals surface area contributed by atoms with Gasteiger partial charge in [-0.2, -0.15) is 0 Å². The van der Waals surface area contributed by atoms with Gasteiger partial charge >= 0.3 is 0 Å². The number of furan rings is 1. The molecule has 0 spiro atoms. The van der Waals surface area contributed by atoms with E-state index in [0.29, 0.717) is 25.0 Å². The molecule has 0 bridgehead atoms. The molecule has 1 aromatic rings. The average Bonchev–Trinajstić information content (AvgIpc) is 3.15. The highest BCUT2D eigenvalue weighted by atomic mass is 16.3. The fraction of sp³-hybridized carbons (Fsp3) is 0.688. The topological polar surface area (TPSA) is 71.5 Å². The molecule has 5 heteroatoms. The van der Waals surface area contributed by atoms with Crippen molar-refractivity contribution in [3.63, 3.8) is 0 Å². The Morgan fingerprint density at radius 2 is 2.38 bits per heavy atom. The number of carbonyl (C=O) groups excluding carboxylic acids is 1. The van der Waals surface area contributed by atoms with E-state index < -0.39 is 0 Å². The van der Waals surface area contributed by atoms with Crippen molar-refractivity contribution in [2.45, 2.75) is 45.2 Å². The van der Waals surface area contributed by atoms with Crippen LogP contribution >= 0.6 is 0 Å². The van der Waals surface area contributed by atoms with E-state index in [0.717, 1.165) is 18.7 Å².